The van der Waals surface area contributed by atoms with Gasteiger partial charge in [0.1, 0.15) is 0 Å². The average molecular weight is 440 g/mol. The van der Waals surface area contributed by atoms with E-state index < -0.39 is 0 Å². The summed E-state index contributed by atoms with van der Waals surface area (Å²) in [5.41, 5.74) is 6.93. The number of para-hydroxylation sites is 1. The number of fused-ring (bicyclic) bond motifs is 1. The Balaban J connectivity index is 1.39. The summed E-state index contributed by atoms with van der Waals surface area (Å²) in [6.45, 7) is 8.26. The van der Waals surface area contributed by atoms with E-state index >= 15 is 0 Å². The summed E-state index contributed by atoms with van der Waals surface area (Å²) >= 11 is 0. The van der Waals surface area contributed by atoms with Gasteiger partial charge in [0.2, 0.25) is 0 Å². The second-order valence-electron chi connectivity index (χ2n) is 8.90. The summed E-state index contributed by atoms with van der Waals surface area (Å²) < 4.78 is 1.83. The van der Waals surface area contributed by atoms with Crippen molar-refractivity contribution in [3.63, 3.8) is 0 Å². The summed E-state index contributed by atoms with van der Waals surface area (Å²) in [6.07, 6.45) is 1.82. The van der Waals surface area contributed by atoms with Crippen molar-refractivity contribution in [1.82, 2.24) is 24.6 Å². The molecule has 0 aliphatic carbocycles. The number of aromatic nitrogens is 3. The number of rotatable bonds is 4. The van der Waals surface area contributed by atoms with Crippen LogP contribution in [0.1, 0.15) is 27.2 Å². The first kappa shape index (κ1) is 21.3. The number of hydrogen-bond acceptors (Lipinski definition) is 4. The van der Waals surface area contributed by atoms with Crippen LogP contribution in [0.4, 0.5) is 0 Å². The van der Waals surface area contributed by atoms with E-state index in [0.717, 1.165) is 60.6 Å². The van der Waals surface area contributed by atoms with Crippen LogP contribution in [0.25, 0.3) is 22.2 Å². The second-order valence-corrected chi connectivity index (χ2v) is 8.90. The second kappa shape index (κ2) is 8.79. The number of benzene rings is 2. The van der Waals surface area contributed by atoms with Crippen LogP contribution in [-0.4, -0.2) is 56.7 Å². The third kappa shape index (κ3) is 4.26. The average Bonchev–Trinajstić information content (AvgIpc) is 3.16. The number of aryl methyl sites for hydroxylation is 2. The Morgan fingerprint density at radius 3 is 2.48 bits per heavy atom. The molecular weight excluding hydrogens is 410 g/mol. The minimum absolute atomic E-state index is 0.0756. The maximum Gasteiger partial charge on any atom is 0.254 e. The number of hydrogen-bond donors (Lipinski definition) is 0. The lowest BCUT2D eigenvalue weighted by molar-refractivity contribution is 0.0630. The summed E-state index contributed by atoms with van der Waals surface area (Å²) in [7, 11) is 1.92. The van der Waals surface area contributed by atoms with Gasteiger partial charge >= 0.3 is 0 Å². The lowest BCUT2D eigenvalue weighted by Gasteiger charge is -2.35. The first-order chi connectivity index (χ1) is 16.0. The molecular formula is C27H29N5O. The maximum atomic E-state index is 13.7. The van der Waals surface area contributed by atoms with Crippen molar-refractivity contribution in [1.29, 1.82) is 0 Å². The van der Waals surface area contributed by atoms with Gasteiger partial charge in [-0.05, 0) is 31.5 Å². The summed E-state index contributed by atoms with van der Waals surface area (Å²) in [5.74, 6) is 0.0756. The predicted octanol–water partition coefficient (Wildman–Crippen LogP) is 4.21. The lowest BCUT2D eigenvalue weighted by Crippen LogP contribution is -2.48. The zero-order valence-corrected chi connectivity index (χ0v) is 19.5. The monoisotopic (exact) mass is 439 g/mol. The van der Waals surface area contributed by atoms with Crippen molar-refractivity contribution < 1.29 is 4.79 Å². The van der Waals surface area contributed by atoms with Gasteiger partial charge in [-0.15, -0.1) is 0 Å². The van der Waals surface area contributed by atoms with Gasteiger partial charge in [0.05, 0.1) is 23.0 Å². The molecule has 0 atom stereocenters. The molecule has 1 saturated heterocycles. The lowest BCUT2D eigenvalue weighted by atomic mass is 10.0. The molecule has 2 aromatic heterocycles. The van der Waals surface area contributed by atoms with Crippen molar-refractivity contribution >= 4 is 16.8 Å². The number of amides is 1. The molecule has 3 heterocycles. The third-order valence-corrected chi connectivity index (χ3v) is 6.61. The van der Waals surface area contributed by atoms with Gasteiger partial charge in [-0.25, -0.2) is 4.98 Å². The smallest absolute Gasteiger partial charge is 0.254 e. The third-order valence-electron chi connectivity index (χ3n) is 6.61. The summed E-state index contributed by atoms with van der Waals surface area (Å²) in [6, 6.07) is 18.5. The van der Waals surface area contributed by atoms with E-state index in [-0.39, 0.29) is 5.91 Å². The highest BCUT2D eigenvalue weighted by Gasteiger charge is 2.25. The molecule has 168 valence electrons. The standard InChI is InChI=1S/C27H29N5O/c1-19-7-6-8-21(15-19)18-31-11-13-32(14-12-31)27(33)23-16-26(24-17-28-30(3)20(24)2)29-25-10-5-4-9-22(23)25/h4-10,15-17H,11-14,18H2,1-3H3. The van der Waals surface area contributed by atoms with E-state index in [1.807, 2.05) is 60.1 Å². The summed E-state index contributed by atoms with van der Waals surface area (Å²) in [5, 5.41) is 5.26. The van der Waals surface area contributed by atoms with Gasteiger partial charge in [0.25, 0.3) is 5.91 Å². The van der Waals surface area contributed by atoms with Crippen LogP contribution in [0.15, 0.2) is 60.8 Å². The Bertz CT molecular complexity index is 1320. The molecule has 2 aromatic carbocycles. The molecule has 0 bridgehead atoms. The topological polar surface area (TPSA) is 54.3 Å². The van der Waals surface area contributed by atoms with Gasteiger partial charge in [-0.2, -0.15) is 5.10 Å². The number of carbonyl (C=O) groups is 1. The van der Waals surface area contributed by atoms with E-state index in [0.29, 0.717) is 5.56 Å². The molecule has 33 heavy (non-hydrogen) atoms. The highest BCUT2D eigenvalue weighted by Crippen LogP contribution is 2.28. The largest absolute Gasteiger partial charge is 0.336 e. The first-order valence-electron chi connectivity index (χ1n) is 11.5. The molecule has 0 radical (unpaired) electrons. The van der Waals surface area contributed by atoms with Crippen LogP contribution in [0.3, 0.4) is 0 Å². The van der Waals surface area contributed by atoms with Crippen molar-refractivity contribution in [2.24, 2.45) is 7.05 Å². The van der Waals surface area contributed by atoms with Crippen LogP contribution in [-0.2, 0) is 13.6 Å². The van der Waals surface area contributed by atoms with E-state index in [4.69, 9.17) is 4.98 Å². The number of carbonyl (C=O) groups excluding carboxylic acids is 1. The van der Waals surface area contributed by atoms with Gasteiger partial charge in [-0.3, -0.25) is 14.4 Å². The van der Waals surface area contributed by atoms with Gasteiger partial charge in [0.15, 0.2) is 0 Å². The molecule has 1 fully saturated rings. The number of nitrogens with zero attached hydrogens (tertiary/aromatic N) is 5. The van der Waals surface area contributed by atoms with E-state index in [9.17, 15) is 4.79 Å². The molecule has 1 aliphatic heterocycles. The van der Waals surface area contributed by atoms with E-state index in [2.05, 4.69) is 41.2 Å². The normalized spacial score (nSPS) is 14.7. The molecule has 4 aromatic rings. The Morgan fingerprint density at radius 2 is 1.76 bits per heavy atom. The minimum Gasteiger partial charge on any atom is -0.336 e. The fourth-order valence-corrected chi connectivity index (χ4v) is 4.59. The Morgan fingerprint density at radius 1 is 0.970 bits per heavy atom. The zero-order valence-electron chi connectivity index (χ0n) is 19.5. The highest BCUT2D eigenvalue weighted by molar-refractivity contribution is 6.07. The predicted molar refractivity (Wildman–Crippen MR) is 131 cm³/mol. The molecule has 1 amide bonds. The molecule has 5 rings (SSSR count). The van der Waals surface area contributed by atoms with Crippen molar-refractivity contribution in [3.8, 4) is 11.3 Å². The molecule has 1 aliphatic rings. The quantitative estimate of drug-likeness (QED) is 0.478. The van der Waals surface area contributed by atoms with Crippen LogP contribution in [0.2, 0.25) is 0 Å². The van der Waals surface area contributed by atoms with Crippen molar-refractivity contribution in [2.45, 2.75) is 20.4 Å². The van der Waals surface area contributed by atoms with E-state index in [1.54, 1.807) is 0 Å². The Kier molecular flexibility index (Phi) is 5.68. The molecule has 0 saturated carbocycles. The molecule has 6 nitrogen and oxygen atoms in total. The van der Waals surface area contributed by atoms with Crippen molar-refractivity contribution in [3.05, 3.63) is 83.2 Å². The van der Waals surface area contributed by atoms with Crippen LogP contribution >= 0.6 is 0 Å². The Labute approximate surface area is 194 Å². The fourth-order valence-electron chi connectivity index (χ4n) is 4.59. The van der Waals surface area contributed by atoms with Crippen LogP contribution in [0.5, 0.6) is 0 Å². The van der Waals surface area contributed by atoms with E-state index in [1.165, 1.54) is 11.1 Å². The zero-order chi connectivity index (χ0) is 22.9. The number of piperazine rings is 1. The highest BCUT2D eigenvalue weighted by atomic mass is 16.2. The van der Waals surface area contributed by atoms with Gasteiger partial charge in [0, 0.05) is 56.4 Å². The molecule has 6 heteroatoms. The SMILES string of the molecule is Cc1cccc(CN2CCN(C(=O)c3cc(-c4cnn(C)c4C)nc4ccccc34)CC2)c1. The van der Waals surface area contributed by atoms with Crippen LogP contribution < -0.4 is 0 Å². The number of pyridine rings is 1. The Hall–Kier alpha value is -3.51. The van der Waals surface area contributed by atoms with Gasteiger partial charge < -0.3 is 4.90 Å². The van der Waals surface area contributed by atoms with Crippen molar-refractivity contribution in [2.75, 3.05) is 26.2 Å². The molecule has 0 unspecified atom stereocenters. The van der Waals surface area contributed by atoms with Crippen LogP contribution in [0, 0.1) is 13.8 Å². The first-order valence-corrected chi connectivity index (χ1v) is 11.5. The minimum atomic E-state index is 0.0756. The molecule has 0 N–H and O–H groups in total. The molecule has 0 spiro atoms. The fraction of sp³-hybridized carbons (Fsp3) is 0.296. The maximum absolute atomic E-state index is 13.7. The summed E-state index contributed by atoms with van der Waals surface area (Å²) in [4.78, 5) is 22.9. The van der Waals surface area contributed by atoms with Gasteiger partial charge in [-0.1, -0.05) is 48.0 Å².